The molecule has 0 unspecified atom stereocenters. The Morgan fingerprint density at radius 3 is 2.28 bits per heavy atom. The van der Waals surface area contributed by atoms with Gasteiger partial charge in [0, 0.05) is 16.9 Å². The van der Waals surface area contributed by atoms with Crippen LogP contribution >= 0.6 is 11.6 Å². The van der Waals surface area contributed by atoms with E-state index in [1.165, 1.54) is 19.3 Å². The van der Waals surface area contributed by atoms with Crippen molar-refractivity contribution in [3.05, 3.63) is 34.9 Å². The summed E-state index contributed by atoms with van der Waals surface area (Å²) in [7, 11) is 0. The van der Waals surface area contributed by atoms with Crippen molar-refractivity contribution >= 4 is 23.4 Å². The molecule has 4 saturated carbocycles. The second-order valence-corrected chi connectivity index (χ2v) is 8.90. The summed E-state index contributed by atoms with van der Waals surface area (Å²) in [5.41, 5.74) is 6.21. The molecule has 4 nitrogen and oxygen atoms in total. The third-order valence-corrected chi connectivity index (χ3v) is 6.73. The zero-order chi connectivity index (χ0) is 17.6. The van der Waals surface area contributed by atoms with E-state index in [9.17, 15) is 9.59 Å². The van der Waals surface area contributed by atoms with Crippen LogP contribution in [-0.2, 0) is 16.0 Å². The summed E-state index contributed by atoms with van der Waals surface area (Å²) in [6.45, 7) is 0. The van der Waals surface area contributed by atoms with Crippen molar-refractivity contribution in [2.45, 2.75) is 51.0 Å². The molecule has 0 heterocycles. The third-order valence-electron chi connectivity index (χ3n) is 6.50. The molecule has 1 aromatic carbocycles. The van der Waals surface area contributed by atoms with Crippen LogP contribution in [0.1, 0.15) is 44.1 Å². The SMILES string of the molecule is NC(=O)[C@H](Cc1cccc(Cl)c1)NC(=O)C12CC3CC(CC(C3)C1)C2. The molecule has 4 fully saturated rings. The topological polar surface area (TPSA) is 72.2 Å². The summed E-state index contributed by atoms with van der Waals surface area (Å²) in [6.07, 6.45) is 7.18. The second-order valence-electron chi connectivity index (χ2n) is 8.46. The van der Waals surface area contributed by atoms with Crippen molar-refractivity contribution in [2.24, 2.45) is 28.9 Å². The van der Waals surface area contributed by atoms with Crippen LogP contribution in [0.4, 0.5) is 0 Å². The van der Waals surface area contributed by atoms with Crippen molar-refractivity contribution in [2.75, 3.05) is 0 Å². The first kappa shape index (κ1) is 16.9. The minimum atomic E-state index is -0.682. The number of nitrogens with one attached hydrogen (secondary N) is 1. The Bertz CT molecular complexity index is 667. The maximum atomic E-state index is 13.1. The van der Waals surface area contributed by atoms with Crippen LogP contribution in [0.25, 0.3) is 0 Å². The average Bonchev–Trinajstić information content (AvgIpc) is 2.52. The van der Waals surface area contributed by atoms with Crippen molar-refractivity contribution in [1.29, 1.82) is 0 Å². The predicted octanol–water partition coefficient (Wildman–Crippen LogP) is 3.07. The smallest absolute Gasteiger partial charge is 0.240 e. The number of halogens is 1. The minimum Gasteiger partial charge on any atom is -0.368 e. The highest BCUT2D eigenvalue weighted by molar-refractivity contribution is 6.30. The Labute approximate surface area is 153 Å². The molecule has 4 bridgehead atoms. The van der Waals surface area contributed by atoms with E-state index in [0.717, 1.165) is 24.8 Å². The number of hydrogen-bond donors (Lipinski definition) is 2. The van der Waals surface area contributed by atoms with E-state index in [0.29, 0.717) is 29.2 Å². The molecule has 5 rings (SSSR count). The van der Waals surface area contributed by atoms with Crippen LogP contribution in [0.5, 0.6) is 0 Å². The number of hydrogen-bond acceptors (Lipinski definition) is 2. The lowest BCUT2D eigenvalue weighted by Crippen LogP contribution is -2.57. The normalized spacial score (nSPS) is 33.9. The number of nitrogens with two attached hydrogens (primary N) is 1. The Balaban J connectivity index is 1.49. The lowest BCUT2D eigenvalue weighted by molar-refractivity contribution is -0.148. The van der Waals surface area contributed by atoms with Gasteiger partial charge in [-0.2, -0.15) is 0 Å². The molecular formula is C20H25ClN2O2. The fourth-order valence-electron chi connectivity index (χ4n) is 5.82. The summed E-state index contributed by atoms with van der Waals surface area (Å²) in [5.74, 6) is 1.63. The molecule has 0 aromatic heterocycles. The van der Waals surface area contributed by atoms with Gasteiger partial charge >= 0.3 is 0 Å². The van der Waals surface area contributed by atoms with Crippen LogP contribution in [-0.4, -0.2) is 17.9 Å². The number of primary amides is 1. The highest BCUT2D eigenvalue weighted by atomic mass is 35.5. The molecule has 134 valence electrons. The van der Waals surface area contributed by atoms with E-state index >= 15 is 0 Å². The van der Waals surface area contributed by atoms with E-state index in [4.69, 9.17) is 17.3 Å². The van der Waals surface area contributed by atoms with Gasteiger partial charge in [0.15, 0.2) is 0 Å². The lowest BCUT2D eigenvalue weighted by atomic mass is 9.49. The number of rotatable bonds is 5. The van der Waals surface area contributed by atoms with Gasteiger partial charge < -0.3 is 11.1 Å². The molecule has 0 radical (unpaired) electrons. The standard InChI is InChI=1S/C20H25ClN2O2/c21-16-3-1-2-12(7-16)8-17(18(22)24)23-19(25)20-9-13-4-14(10-20)6-15(5-13)11-20/h1-3,7,13-15,17H,4-6,8-11H2,(H2,22,24)(H,23,25)/t13?,14?,15?,17-,20?/m0/s1. The van der Waals surface area contributed by atoms with Gasteiger partial charge in [0.2, 0.25) is 11.8 Å². The summed E-state index contributed by atoms with van der Waals surface area (Å²) >= 11 is 6.02. The van der Waals surface area contributed by atoms with Crippen molar-refractivity contribution in [1.82, 2.24) is 5.32 Å². The van der Waals surface area contributed by atoms with E-state index < -0.39 is 11.9 Å². The molecule has 0 aliphatic heterocycles. The van der Waals surface area contributed by atoms with E-state index in [1.807, 2.05) is 18.2 Å². The van der Waals surface area contributed by atoms with E-state index in [1.54, 1.807) is 6.07 Å². The molecule has 0 spiro atoms. The molecule has 4 aliphatic rings. The summed E-state index contributed by atoms with van der Waals surface area (Å²) in [5, 5.41) is 3.60. The van der Waals surface area contributed by atoms with Gasteiger partial charge in [-0.3, -0.25) is 9.59 Å². The molecule has 1 aromatic rings. The van der Waals surface area contributed by atoms with Gasteiger partial charge in [0.25, 0.3) is 0 Å². The Kier molecular flexibility index (Phi) is 4.27. The number of carbonyl (C=O) groups is 2. The van der Waals surface area contributed by atoms with Crippen molar-refractivity contribution in [3.8, 4) is 0 Å². The van der Waals surface area contributed by atoms with Gasteiger partial charge in [-0.05, 0) is 74.0 Å². The van der Waals surface area contributed by atoms with Crippen LogP contribution in [0.15, 0.2) is 24.3 Å². The molecule has 5 heteroatoms. The highest BCUT2D eigenvalue weighted by Gasteiger charge is 2.54. The summed E-state index contributed by atoms with van der Waals surface area (Å²) in [4.78, 5) is 25.0. The zero-order valence-electron chi connectivity index (χ0n) is 14.3. The van der Waals surface area contributed by atoms with Gasteiger partial charge in [-0.15, -0.1) is 0 Å². The molecule has 25 heavy (non-hydrogen) atoms. The van der Waals surface area contributed by atoms with E-state index in [-0.39, 0.29) is 11.3 Å². The molecular weight excluding hydrogens is 336 g/mol. The van der Waals surface area contributed by atoms with Gasteiger partial charge in [-0.25, -0.2) is 0 Å². The van der Waals surface area contributed by atoms with Crippen LogP contribution in [0.2, 0.25) is 5.02 Å². The Hall–Kier alpha value is -1.55. The van der Waals surface area contributed by atoms with E-state index in [2.05, 4.69) is 5.32 Å². The van der Waals surface area contributed by atoms with Gasteiger partial charge in [0.05, 0.1) is 0 Å². The van der Waals surface area contributed by atoms with Gasteiger partial charge in [0.1, 0.15) is 6.04 Å². The lowest BCUT2D eigenvalue weighted by Gasteiger charge is -2.55. The molecule has 4 aliphatic carbocycles. The summed E-state index contributed by atoms with van der Waals surface area (Å²) < 4.78 is 0. The average molecular weight is 361 g/mol. The molecule has 1 atom stereocenters. The third kappa shape index (κ3) is 3.29. The largest absolute Gasteiger partial charge is 0.368 e. The first-order valence-corrected chi connectivity index (χ1v) is 9.66. The highest BCUT2D eigenvalue weighted by Crippen LogP contribution is 2.60. The van der Waals surface area contributed by atoms with Crippen molar-refractivity contribution < 1.29 is 9.59 Å². The second kappa shape index (κ2) is 6.31. The first-order chi connectivity index (χ1) is 11.9. The van der Waals surface area contributed by atoms with Crippen LogP contribution in [0, 0.1) is 23.2 Å². The molecule has 2 amide bonds. The quantitative estimate of drug-likeness (QED) is 0.847. The summed E-state index contributed by atoms with van der Waals surface area (Å²) in [6, 6.07) is 6.67. The van der Waals surface area contributed by atoms with Crippen molar-refractivity contribution in [3.63, 3.8) is 0 Å². The Morgan fingerprint density at radius 1 is 1.16 bits per heavy atom. The predicted molar refractivity (Wildman–Crippen MR) is 96.9 cm³/mol. The maximum absolute atomic E-state index is 13.1. The number of benzene rings is 1. The Morgan fingerprint density at radius 2 is 1.76 bits per heavy atom. The fourth-order valence-corrected chi connectivity index (χ4v) is 6.04. The molecule has 3 N–H and O–H groups in total. The molecule has 0 saturated heterocycles. The fraction of sp³-hybridized carbons (Fsp3) is 0.600. The minimum absolute atomic E-state index is 0.0393. The number of carbonyl (C=O) groups excluding carboxylic acids is 2. The maximum Gasteiger partial charge on any atom is 0.240 e. The zero-order valence-corrected chi connectivity index (χ0v) is 15.1. The number of amides is 2. The van der Waals surface area contributed by atoms with Crippen LogP contribution in [0.3, 0.4) is 0 Å². The first-order valence-electron chi connectivity index (χ1n) is 9.28. The van der Waals surface area contributed by atoms with Crippen LogP contribution < -0.4 is 11.1 Å². The monoisotopic (exact) mass is 360 g/mol. The van der Waals surface area contributed by atoms with Gasteiger partial charge in [-0.1, -0.05) is 23.7 Å².